The van der Waals surface area contributed by atoms with Gasteiger partial charge in [-0.2, -0.15) is 8.42 Å². The van der Waals surface area contributed by atoms with E-state index in [9.17, 15) is 18.3 Å². The fourth-order valence-electron chi connectivity index (χ4n) is 8.18. The molecule has 8 atom stereocenters. The minimum atomic E-state index is -3.60. The van der Waals surface area contributed by atoms with Crippen molar-refractivity contribution in [3.8, 4) is 0 Å². The second kappa shape index (κ2) is 6.95. The number of carbonyl (C=O) groups excluding carboxylic acids is 1. The fourth-order valence-corrected chi connectivity index (χ4v) is 8.81. The highest BCUT2D eigenvalue weighted by molar-refractivity contribution is 7.86. The predicted octanol–water partition coefficient (Wildman–Crippen LogP) is 2.74. The number of nitrogens with one attached hydrogen (secondary N) is 1. The third-order valence-corrected chi connectivity index (χ3v) is 10.4. The zero-order valence-corrected chi connectivity index (χ0v) is 20.6. The molecule has 5 aliphatic rings. The van der Waals surface area contributed by atoms with Gasteiger partial charge in [-0.15, -0.1) is 0 Å². The molecule has 8 unspecified atom stereocenters. The largest absolute Gasteiger partial charge is 0.490 e. The smallest absolute Gasteiger partial charge is 0.264 e. The molecule has 1 spiro atoms. The quantitative estimate of drug-likeness (QED) is 0.606. The van der Waals surface area contributed by atoms with Gasteiger partial charge in [0.05, 0.1) is 24.4 Å². The van der Waals surface area contributed by atoms with E-state index in [2.05, 4.69) is 33.0 Å². The summed E-state index contributed by atoms with van der Waals surface area (Å²) in [4.78, 5) is 12.4. The minimum Gasteiger partial charge on any atom is -0.490 e. The highest BCUT2D eigenvalue weighted by Crippen LogP contribution is 2.69. The first-order chi connectivity index (χ1) is 14.8. The Labute approximate surface area is 191 Å². The second-order valence-electron chi connectivity index (χ2n) is 12.0. The van der Waals surface area contributed by atoms with E-state index in [1.54, 1.807) is 0 Å². The molecule has 1 amide bonds. The summed E-state index contributed by atoms with van der Waals surface area (Å²) in [6.45, 7) is 9.44. The number of carbonyl (C=O) groups is 1. The van der Waals surface area contributed by atoms with Crippen LogP contribution in [0.2, 0.25) is 0 Å². The van der Waals surface area contributed by atoms with Crippen molar-refractivity contribution < 1.29 is 27.2 Å². The summed E-state index contributed by atoms with van der Waals surface area (Å²) in [6, 6.07) is 0. The molecule has 2 N–H and O–H groups in total. The molecule has 7 nitrogen and oxygen atoms in total. The third kappa shape index (κ3) is 3.12. The monoisotopic (exact) mass is 467 g/mol. The van der Waals surface area contributed by atoms with Gasteiger partial charge in [0.2, 0.25) is 5.91 Å². The zero-order valence-electron chi connectivity index (χ0n) is 19.8. The highest BCUT2D eigenvalue weighted by Gasteiger charge is 2.69. The van der Waals surface area contributed by atoms with Crippen molar-refractivity contribution >= 4 is 16.0 Å². The van der Waals surface area contributed by atoms with Crippen molar-refractivity contribution in [1.29, 1.82) is 0 Å². The summed E-state index contributed by atoms with van der Waals surface area (Å²) in [6.07, 6.45) is 4.59. The maximum Gasteiger partial charge on any atom is 0.264 e. The van der Waals surface area contributed by atoms with Crippen molar-refractivity contribution in [3.05, 3.63) is 11.3 Å². The molecule has 4 fully saturated rings. The SMILES string of the molecule is CC1CCC2C(C)(C)CC(OS(C)(=O)=O)CC23OC2=C4CNC(=O)C4CC(O)C2CC13C. The van der Waals surface area contributed by atoms with Crippen LogP contribution >= 0.6 is 0 Å². The van der Waals surface area contributed by atoms with Crippen LogP contribution in [-0.4, -0.2) is 50.0 Å². The van der Waals surface area contributed by atoms with Crippen LogP contribution in [0.15, 0.2) is 11.3 Å². The van der Waals surface area contributed by atoms with Crippen molar-refractivity contribution in [2.24, 2.45) is 34.5 Å². The molecule has 0 aromatic heterocycles. The lowest BCUT2D eigenvalue weighted by Crippen LogP contribution is -2.69. The maximum atomic E-state index is 12.4. The number of amides is 1. The van der Waals surface area contributed by atoms with E-state index < -0.39 is 27.9 Å². The number of aliphatic hydroxyl groups excluding tert-OH is 1. The Kier molecular flexibility index (Phi) is 4.92. The number of fused-ring (bicyclic) bond motifs is 2. The standard InChI is InChI=1S/C24H37NO6S/c1-13-6-7-19-22(2,3)9-14(31-32(5,28)29)10-24(19)23(13,4)11-16-18(26)8-15-17(20(16)30-24)12-25-21(15)27/h13-16,18-19,26H,6-12H2,1-5H3,(H,25,27). The average Bonchev–Trinajstić information content (AvgIpc) is 3.00. The third-order valence-electron chi connectivity index (χ3n) is 9.77. The average molecular weight is 468 g/mol. The lowest BCUT2D eigenvalue weighted by atomic mass is 9.43. The molecule has 8 heteroatoms. The molecule has 3 aliphatic carbocycles. The number of hydrogen-bond donors (Lipinski definition) is 2. The predicted molar refractivity (Wildman–Crippen MR) is 119 cm³/mol. The zero-order chi connectivity index (χ0) is 23.3. The molecule has 180 valence electrons. The van der Waals surface area contributed by atoms with Crippen molar-refractivity contribution in [3.63, 3.8) is 0 Å². The lowest BCUT2D eigenvalue weighted by molar-refractivity contribution is -0.276. The van der Waals surface area contributed by atoms with E-state index in [-0.39, 0.29) is 34.5 Å². The van der Waals surface area contributed by atoms with Crippen LogP contribution in [0, 0.1) is 34.5 Å². The van der Waals surface area contributed by atoms with Gasteiger partial charge in [0.1, 0.15) is 11.4 Å². The van der Waals surface area contributed by atoms with E-state index in [0.29, 0.717) is 31.7 Å². The van der Waals surface area contributed by atoms with Crippen LogP contribution in [0.3, 0.4) is 0 Å². The van der Waals surface area contributed by atoms with Gasteiger partial charge in [0, 0.05) is 30.2 Å². The van der Waals surface area contributed by atoms with E-state index in [1.165, 1.54) is 0 Å². The molecule has 2 saturated carbocycles. The number of ether oxygens (including phenoxy) is 1. The Morgan fingerprint density at radius 3 is 2.56 bits per heavy atom. The van der Waals surface area contributed by atoms with Crippen LogP contribution in [0.25, 0.3) is 0 Å². The Balaban J connectivity index is 1.65. The first kappa shape index (κ1) is 22.7. The van der Waals surface area contributed by atoms with Gasteiger partial charge < -0.3 is 15.2 Å². The van der Waals surface area contributed by atoms with Gasteiger partial charge in [-0.05, 0) is 49.0 Å². The molecular weight excluding hydrogens is 430 g/mol. The van der Waals surface area contributed by atoms with E-state index in [4.69, 9.17) is 8.92 Å². The molecule has 2 heterocycles. The van der Waals surface area contributed by atoms with Gasteiger partial charge in [0.25, 0.3) is 10.1 Å². The number of aliphatic hydroxyl groups is 1. The van der Waals surface area contributed by atoms with Crippen LogP contribution in [0.1, 0.15) is 66.2 Å². The van der Waals surface area contributed by atoms with Crippen LogP contribution in [-0.2, 0) is 23.8 Å². The topological polar surface area (TPSA) is 102 Å². The molecule has 2 saturated heterocycles. The normalized spacial score (nSPS) is 47.5. The summed E-state index contributed by atoms with van der Waals surface area (Å²) >= 11 is 0. The maximum absolute atomic E-state index is 12.4. The molecule has 0 radical (unpaired) electrons. The number of rotatable bonds is 2. The molecular formula is C24H37NO6S. The summed E-state index contributed by atoms with van der Waals surface area (Å²) in [7, 11) is -3.60. The van der Waals surface area contributed by atoms with Crippen LogP contribution in [0.5, 0.6) is 0 Å². The molecule has 0 bridgehead atoms. The van der Waals surface area contributed by atoms with Crippen LogP contribution < -0.4 is 5.32 Å². The first-order valence-electron chi connectivity index (χ1n) is 12.0. The van der Waals surface area contributed by atoms with Gasteiger partial charge >= 0.3 is 0 Å². The van der Waals surface area contributed by atoms with Gasteiger partial charge in [0.15, 0.2) is 0 Å². The summed E-state index contributed by atoms with van der Waals surface area (Å²) in [5.74, 6) is 0.926. The summed E-state index contributed by atoms with van der Waals surface area (Å²) in [5, 5.41) is 14.0. The van der Waals surface area contributed by atoms with E-state index in [0.717, 1.165) is 36.9 Å². The first-order valence-corrected chi connectivity index (χ1v) is 13.8. The minimum absolute atomic E-state index is 0.0322. The highest BCUT2D eigenvalue weighted by atomic mass is 32.2. The van der Waals surface area contributed by atoms with Gasteiger partial charge in [-0.25, -0.2) is 0 Å². The molecule has 5 rings (SSSR count). The van der Waals surface area contributed by atoms with Crippen molar-refractivity contribution in [2.45, 2.75) is 84.0 Å². The molecule has 0 aromatic rings. The van der Waals surface area contributed by atoms with Crippen molar-refractivity contribution in [1.82, 2.24) is 5.32 Å². The summed E-state index contributed by atoms with van der Waals surface area (Å²) in [5.41, 5.74) is 0.00510. The fraction of sp³-hybridized carbons (Fsp3) is 0.875. The Hall–Kier alpha value is -1.12. The Bertz CT molecular complexity index is 973. The number of hydrogen-bond acceptors (Lipinski definition) is 6. The van der Waals surface area contributed by atoms with Crippen LogP contribution in [0.4, 0.5) is 0 Å². The van der Waals surface area contributed by atoms with Gasteiger partial charge in [-0.3, -0.25) is 8.98 Å². The molecule has 32 heavy (non-hydrogen) atoms. The molecule has 0 aromatic carbocycles. The Morgan fingerprint density at radius 1 is 1.16 bits per heavy atom. The molecule has 2 aliphatic heterocycles. The second-order valence-corrected chi connectivity index (χ2v) is 13.6. The van der Waals surface area contributed by atoms with Gasteiger partial charge in [-0.1, -0.05) is 27.7 Å². The lowest BCUT2D eigenvalue weighted by Gasteiger charge is -2.68. The van der Waals surface area contributed by atoms with Crippen molar-refractivity contribution in [2.75, 3.05) is 12.8 Å². The Morgan fingerprint density at radius 2 is 1.88 bits per heavy atom. The summed E-state index contributed by atoms with van der Waals surface area (Å²) < 4.78 is 36.9. The van der Waals surface area contributed by atoms with E-state index in [1.807, 2.05) is 0 Å². The van der Waals surface area contributed by atoms with E-state index >= 15 is 0 Å².